The summed E-state index contributed by atoms with van der Waals surface area (Å²) in [6.45, 7) is 7.87. The molecule has 2 rings (SSSR count). The van der Waals surface area contributed by atoms with Gasteiger partial charge in [0.2, 0.25) is 0 Å². The van der Waals surface area contributed by atoms with Crippen LogP contribution in [-0.2, 0) is 9.53 Å². The summed E-state index contributed by atoms with van der Waals surface area (Å²) in [4.78, 5) is 27.0. The van der Waals surface area contributed by atoms with Crippen LogP contribution in [0.4, 0.5) is 4.79 Å². The van der Waals surface area contributed by atoms with Crippen molar-refractivity contribution in [3.63, 3.8) is 0 Å². The van der Waals surface area contributed by atoms with Crippen molar-refractivity contribution in [1.82, 2.24) is 9.80 Å². The summed E-state index contributed by atoms with van der Waals surface area (Å²) < 4.78 is 5.43. The Bertz CT molecular complexity index is 415. The van der Waals surface area contributed by atoms with Crippen molar-refractivity contribution >= 4 is 12.1 Å². The van der Waals surface area contributed by atoms with Crippen LogP contribution in [0, 0.1) is 5.92 Å². The maximum atomic E-state index is 12.2. The van der Waals surface area contributed by atoms with E-state index in [1.54, 1.807) is 4.90 Å². The number of aliphatic carboxylic acids is 1. The average Bonchev–Trinajstić information content (AvgIpc) is 3.20. The number of nitrogens with zero attached hydrogens (tertiary/aromatic N) is 2. The molecule has 0 bridgehead atoms. The van der Waals surface area contributed by atoms with Crippen molar-refractivity contribution in [1.29, 1.82) is 0 Å². The highest BCUT2D eigenvalue weighted by Gasteiger charge is 2.34. The van der Waals surface area contributed by atoms with Gasteiger partial charge >= 0.3 is 12.1 Å². The smallest absolute Gasteiger partial charge is 0.410 e. The van der Waals surface area contributed by atoms with Gasteiger partial charge < -0.3 is 14.7 Å². The van der Waals surface area contributed by atoms with Gasteiger partial charge in [0.15, 0.2) is 0 Å². The maximum absolute atomic E-state index is 12.2. The molecular weight excluding hydrogens is 284 g/mol. The van der Waals surface area contributed by atoms with Crippen LogP contribution in [0.25, 0.3) is 0 Å². The number of carbonyl (C=O) groups is 2. The third kappa shape index (κ3) is 5.48. The Morgan fingerprint density at radius 2 is 1.95 bits per heavy atom. The van der Waals surface area contributed by atoms with Crippen LogP contribution in [0.1, 0.15) is 46.5 Å². The van der Waals surface area contributed by atoms with Crippen molar-refractivity contribution in [2.75, 3.05) is 26.2 Å². The van der Waals surface area contributed by atoms with Crippen LogP contribution in [0.3, 0.4) is 0 Å². The molecule has 2 fully saturated rings. The lowest BCUT2D eigenvalue weighted by Gasteiger charge is -2.36. The van der Waals surface area contributed by atoms with Crippen molar-refractivity contribution < 1.29 is 19.4 Å². The number of ether oxygens (including phenoxy) is 1. The fourth-order valence-corrected chi connectivity index (χ4v) is 2.99. The molecule has 1 aliphatic carbocycles. The summed E-state index contributed by atoms with van der Waals surface area (Å²) in [7, 11) is 0. The number of hydrogen-bond donors (Lipinski definition) is 1. The number of carboxylic acid groups (broad SMARTS) is 1. The SMILES string of the molecule is CC(C)(C)OC(=O)N1CCC[C@@H](CN(CC(=O)O)C2CC2)C1. The van der Waals surface area contributed by atoms with Gasteiger partial charge in [-0.1, -0.05) is 0 Å². The Labute approximate surface area is 132 Å². The van der Waals surface area contributed by atoms with Gasteiger partial charge in [0.25, 0.3) is 0 Å². The molecule has 22 heavy (non-hydrogen) atoms. The van der Waals surface area contributed by atoms with Crippen molar-refractivity contribution in [2.24, 2.45) is 5.92 Å². The molecule has 1 aliphatic heterocycles. The van der Waals surface area contributed by atoms with E-state index >= 15 is 0 Å². The van der Waals surface area contributed by atoms with E-state index in [0.29, 0.717) is 18.5 Å². The lowest BCUT2D eigenvalue weighted by atomic mass is 9.97. The minimum atomic E-state index is -0.772. The number of carbonyl (C=O) groups excluding carboxylic acids is 1. The molecule has 1 amide bonds. The molecule has 0 aromatic rings. The third-order valence-corrected chi connectivity index (χ3v) is 4.07. The largest absolute Gasteiger partial charge is 0.480 e. The van der Waals surface area contributed by atoms with Crippen molar-refractivity contribution in [3.05, 3.63) is 0 Å². The van der Waals surface area contributed by atoms with Crippen LogP contribution in [-0.4, -0.2) is 64.8 Å². The van der Waals surface area contributed by atoms with E-state index in [-0.39, 0.29) is 12.6 Å². The third-order valence-electron chi connectivity index (χ3n) is 4.07. The molecule has 1 atom stereocenters. The first-order chi connectivity index (χ1) is 10.2. The van der Waals surface area contributed by atoms with E-state index in [2.05, 4.69) is 4.90 Å². The zero-order valence-electron chi connectivity index (χ0n) is 13.9. The number of likely N-dealkylation sites (tertiary alicyclic amines) is 1. The summed E-state index contributed by atoms with van der Waals surface area (Å²) in [5, 5.41) is 9.03. The van der Waals surface area contributed by atoms with Crippen molar-refractivity contribution in [2.45, 2.75) is 58.1 Å². The van der Waals surface area contributed by atoms with Gasteiger partial charge in [-0.2, -0.15) is 0 Å². The first-order valence-electron chi connectivity index (χ1n) is 8.18. The molecular formula is C16H28N2O4. The topological polar surface area (TPSA) is 70.1 Å². The van der Waals surface area contributed by atoms with Gasteiger partial charge in [-0.3, -0.25) is 9.69 Å². The fraction of sp³-hybridized carbons (Fsp3) is 0.875. The highest BCUT2D eigenvalue weighted by Crippen LogP contribution is 2.29. The van der Waals surface area contributed by atoms with Crippen molar-refractivity contribution in [3.8, 4) is 0 Å². The monoisotopic (exact) mass is 312 g/mol. The number of carboxylic acids is 1. The molecule has 1 saturated heterocycles. The zero-order chi connectivity index (χ0) is 16.3. The fourth-order valence-electron chi connectivity index (χ4n) is 2.99. The predicted molar refractivity (Wildman–Crippen MR) is 82.8 cm³/mol. The Morgan fingerprint density at radius 3 is 2.50 bits per heavy atom. The molecule has 1 heterocycles. The minimum Gasteiger partial charge on any atom is -0.480 e. The molecule has 6 heteroatoms. The van der Waals surface area contributed by atoms with Crippen LogP contribution < -0.4 is 0 Å². The van der Waals surface area contributed by atoms with Gasteiger partial charge in [-0.15, -0.1) is 0 Å². The summed E-state index contributed by atoms with van der Waals surface area (Å²) in [6.07, 6.45) is 3.93. The highest BCUT2D eigenvalue weighted by atomic mass is 16.6. The number of amides is 1. The Kier molecular flexibility index (Phi) is 5.32. The molecule has 0 spiro atoms. The second-order valence-corrected chi connectivity index (χ2v) is 7.49. The minimum absolute atomic E-state index is 0.105. The van der Waals surface area contributed by atoms with E-state index in [1.165, 1.54) is 0 Å². The van der Waals surface area contributed by atoms with E-state index in [9.17, 15) is 9.59 Å². The number of piperidine rings is 1. The summed E-state index contributed by atoms with van der Waals surface area (Å²) in [5.74, 6) is -0.437. The lowest BCUT2D eigenvalue weighted by molar-refractivity contribution is -0.138. The Morgan fingerprint density at radius 1 is 1.27 bits per heavy atom. The highest BCUT2D eigenvalue weighted by molar-refractivity contribution is 5.69. The van der Waals surface area contributed by atoms with Gasteiger partial charge in [0, 0.05) is 25.7 Å². The maximum Gasteiger partial charge on any atom is 0.410 e. The normalized spacial score (nSPS) is 22.7. The molecule has 0 aromatic carbocycles. The second-order valence-electron chi connectivity index (χ2n) is 7.49. The standard InChI is InChI=1S/C16H28N2O4/c1-16(2,3)22-15(21)17-8-4-5-12(9-17)10-18(11-14(19)20)13-6-7-13/h12-13H,4-11H2,1-3H3,(H,19,20)/t12-/m1/s1. The predicted octanol–water partition coefficient (Wildman–Crippen LogP) is 2.18. The lowest BCUT2D eigenvalue weighted by Crippen LogP contribution is -2.46. The Balaban J connectivity index is 1.86. The molecule has 126 valence electrons. The van der Waals surface area contributed by atoms with E-state index in [1.807, 2.05) is 20.8 Å². The van der Waals surface area contributed by atoms with E-state index in [4.69, 9.17) is 9.84 Å². The van der Waals surface area contributed by atoms with Gasteiger partial charge in [0.1, 0.15) is 5.60 Å². The van der Waals surface area contributed by atoms with E-state index < -0.39 is 11.6 Å². The Hall–Kier alpha value is -1.30. The second kappa shape index (κ2) is 6.86. The van der Waals surface area contributed by atoms with Gasteiger partial charge in [-0.05, 0) is 52.4 Å². The summed E-state index contributed by atoms with van der Waals surface area (Å²) in [6, 6.07) is 0.424. The van der Waals surface area contributed by atoms with Crippen LogP contribution in [0.2, 0.25) is 0 Å². The summed E-state index contributed by atoms with van der Waals surface area (Å²) >= 11 is 0. The zero-order valence-corrected chi connectivity index (χ0v) is 13.9. The first-order valence-corrected chi connectivity index (χ1v) is 8.18. The molecule has 0 unspecified atom stereocenters. The first kappa shape index (κ1) is 17.1. The van der Waals surface area contributed by atoms with Crippen LogP contribution in [0.15, 0.2) is 0 Å². The van der Waals surface area contributed by atoms with Crippen LogP contribution in [0.5, 0.6) is 0 Å². The number of rotatable bonds is 5. The molecule has 2 aliphatic rings. The van der Waals surface area contributed by atoms with Gasteiger partial charge in [0.05, 0.1) is 6.54 Å². The number of hydrogen-bond acceptors (Lipinski definition) is 4. The molecule has 0 radical (unpaired) electrons. The average molecular weight is 312 g/mol. The van der Waals surface area contributed by atoms with Gasteiger partial charge in [-0.25, -0.2) is 4.79 Å². The quantitative estimate of drug-likeness (QED) is 0.842. The summed E-state index contributed by atoms with van der Waals surface area (Å²) in [5.41, 5.74) is -0.479. The molecule has 1 saturated carbocycles. The van der Waals surface area contributed by atoms with Crippen LogP contribution >= 0.6 is 0 Å². The molecule has 1 N–H and O–H groups in total. The van der Waals surface area contributed by atoms with E-state index in [0.717, 1.165) is 38.8 Å². The molecule has 0 aromatic heterocycles. The molecule has 6 nitrogen and oxygen atoms in total.